The molecule has 0 saturated heterocycles. The Morgan fingerprint density at radius 2 is 1.96 bits per heavy atom. The van der Waals surface area contributed by atoms with Crippen molar-refractivity contribution >= 4 is 28.4 Å². The zero-order chi connectivity index (χ0) is 20.1. The minimum absolute atomic E-state index is 0.0216. The van der Waals surface area contributed by atoms with Crippen LogP contribution in [-0.2, 0) is 11.2 Å². The standard InChI is InChI=1S/C22H23ClN2O3/c1-14(2)27-18-6-8-21(19(23)13-18)28-22-9-5-17-12-16(4-7-20(17)25-22)10-11-24-15(3)26/h4-9,12-14H,10-11H2,1-3H3,(H,24,26). The summed E-state index contributed by atoms with van der Waals surface area (Å²) >= 11 is 6.31. The Kier molecular flexibility index (Phi) is 6.37. The molecule has 0 fully saturated rings. The second kappa shape index (κ2) is 8.93. The highest BCUT2D eigenvalue weighted by atomic mass is 35.5. The Bertz CT molecular complexity index is 989. The first kappa shape index (κ1) is 20.0. The van der Waals surface area contributed by atoms with Crippen molar-refractivity contribution in [3.63, 3.8) is 0 Å². The van der Waals surface area contributed by atoms with Crippen molar-refractivity contribution in [2.24, 2.45) is 0 Å². The molecular weight excluding hydrogens is 376 g/mol. The van der Waals surface area contributed by atoms with Gasteiger partial charge in [0.2, 0.25) is 11.8 Å². The SMILES string of the molecule is CC(=O)NCCc1ccc2nc(Oc3ccc(OC(C)C)cc3Cl)ccc2c1. The molecule has 0 bridgehead atoms. The number of hydrogen-bond acceptors (Lipinski definition) is 4. The van der Waals surface area contributed by atoms with E-state index in [1.807, 2.05) is 44.2 Å². The van der Waals surface area contributed by atoms with E-state index >= 15 is 0 Å². The average molecular weight is 399 g/mol. The molecule has 0 aliphatic heterocycles. The summed E-state index contributed by atoms with van der Waals surface area (Å²) in [5.74, 6) is 1.67. The fourth-order valence-electron chi connectivity index (χ4n) is 2.77. The summed E-state index contributed by atoms with van der Waals surface area (Å²) < 4.78 is 11.5. The summed E-state index contributed by atoms with van der Waals surface area (Å²) in [5.41, 5.74) is 1.97. The lowest BCUT2D eigenvalue weighted by atomic mass is 10.1. The van der Waals surface area contributed by atoms with E-state index in [-0.39, 0.29) is 12.0 Å². The third kappa shape index (κ3) is 5.36. The number of fused-ring (bicyclic) bond motifs is 1. The zero-order valence-corrected chi connectivity index (χ0v) is 16.9. The van der Waals surface area contributed by atoms with Crippen LogP contribution in [0.3, 0.4) is 0 Å². The van der Waals surface area contributed by atoms with Gasteiger partial charge in [0.25, 0.3) is 0 Å². The average Bonchev–Trinajstić information content (AvgIpc) is 2.63. The Morgan fingerprint density at radius 1 is 1.14 bits per heavy atom. The van der Waals surface area contributed by atoms with Crippen LogP contribution in [0.15, 0.2) is 48.5 Å². The molecule has 2 aromatic carbocycles. The molecule has 1 heterocycles. The van der Waals surface area contributed by atoms with Gasteiger partial charge < -0.3 is 14.8 Å². The van der Waals surface area contributed by atoms with E-state index in [9.17, 15) is 4.79 Å². The van der Waals surface area contributed by atoms with E-state index in [4.69, 9.17) is 21.1 Å². The Morgan fingerprint density at radius 3 is 2.68 bits per heavy atom. The monoisotopic (exact) mass is 398 g/mol. The Balaban J connectivity index is 1.73. The predicted octanol–water partition coefficient (Wildman–Crippen LogP) is 5.15. The van der Waals surface area contributed by atoms with Crippen molar-refractivity contribution in [2.45, 2.75) is 33.3 Å². The molecule has 1 amide bonds. The lowest BCUT2D eigenvalue weighted by Crippen LogP contribution is -2.22. The number of nitrogens with one attached hydrogen (secondary N) is 1. The van der Waals surface area contributed by atoms with Crippen LogP contribution in [0.1, 0.15) is 26.3 Å². The van der Waals surface area contributed by atoms with Crippen molar-refractivity contribution in [3.8, 4) is 17.4 Å². The van der Waals surface area contributed by atoms with E-state index in [0.29, 0.717) is 28.9 Å². The molecule has 3 aromatic rings. The normalized spacial score (nSPS) is 10.9. The lowest BCUT2D eigenvalue weighted by Gasteiger charge is -2.12. The van der Waals surface area contributed by atoms with Crippen LogP contribution < -0.4 is 14.8 Å². The first-order valence-electron chi connectivity index (χ1n) is 9.19. The fourth-order valence-corrected chi connectivity index (χ4v) is 2.98. The van der Waals surface area contributed by atoms with Gasteiger partial charge in [0.15, 0.2) is 0 Å². The molecule has 1 aromatic heterocycles. The number of rotatable bonds is 7. The van der Waals surface area contributed by atoms with Crippen LogP contribution in [0.25, 0.3) is 10.9 Å². The molecular formula is C22H23ClN2O3. The van der Waals surface area contributed by atoms with Gasteiger partial charge >= 0.3 is 0 Å². The zero-order valence-electron chi connectivity index (χ0n) is 16.2. The number of halogens is 1. The summed E-state index contributed by atoms with van der Waals surface area (Å²) in [7, 11) is 0. The second-order valence-electron chi connectivity index (χ2n) is 6.77. The van der Waals surface area contributed by atoms with Gasteiger partial charge in [-0.1, -0.05) is 17.7 Å². The maximum absolute atomic E-state index is 11.0. The topological polar surface area (TPSA) is 60.5 Å². The molecule has 0 saturated carbocycles. The van der Waals surface area contributed by atoms with Crippen LogP contribution in [0.5, 0.6) is 17.4 Å². The van der Waals surface area contributed by atoms with Gasteiger partial charge in [0.1, 0.15) is 11.5 Å². The minimum atomic E-state index is -0.0216. The van der Waals surface area contributed by atoms with Crippen LogP contribution in [0.2, 0.25) is 5.02 Å². The van der Waals surface area contributed by atoms with E-state index in [1.165, 1.54) is 6.92 Å². The van der Waals surface area contributed by atoms with Crippen molar-refractivity contribution < 1.29 is 14.3 Å². The fraction of sp³-hybridized carbons (Fsp3) is 0.273. The maximum Gasteiger partial charge on any atom is 0.219 e. The van der Waals surface area contributed by atoms with Crippen molar-refractivity contribution in [2.75, 3.05) is 6.54 Å². The number of benzene rings is 2. The number of aromatic nitrogens is 1. The molecule has 3 rings (SSSR count). The van der Waals surface area contributed by atoms with E-state index in [1.54, 1.807) is 12.1 Å². The van der Waals surface area contributed by atoms with Gasteiger partial charge in [0, 0.05) is 31.0 Å². The number of carbonyl (C=O) groups excluding carboxylic acids is 1. The number of ether oxygens (including phenoxy) is 2. The maximum atomic E-state index is 11.0. The van der Waals surface area contributed by atoms with Crippen molar-refractivity contribution in [3.05, 3.63) is 59.1 Å². The summed E-state index contributed by atoms with van der Waals surface area (Å²) in [4.78, 5) is 15.5. The third-order valence-corrected chi connectivity index (χ3v) is 4.30. The summed E-state index contributed by atoms with van der Waals surface area (Å²) in [6, 6.07) is 15.1. The van der Waals surface area contributed by atoms with Crippen LogP contribution >= 0.6 is 11.6 Å². The van der Waals surface area contributed by atoms with E-state index < -0.39 is 0 Å². The smallest absolute Gasteiger partial charge is 0.219 e. The third-order valence-electron chi connectivity index (χ3n) is 4.01. The Hall–Kier alpha value is -2.79. The van der Waals surface area contributed by atoms with Crippen molar-refractivity contribution in [1.29, 1.82) is 0 Å². The molecule has 146 valence electrons. The number of amides is 1. The molecule has 0 spiro atoms. The summed E-state index contributed by atoms with van der Waals surface area (Å²) in [5, 5.41) is 4.28. The Labute approximate surface area is 169 Å². The molecule has 1 N–H and O–H groups in total. The molecule has 28 heavy (non-hydrogen) atoms. The number of carbonyl (C=O) groups is 1. The van der Waals surface area contributed by atoms with Gasteiger partial charge in [-0.15, -0.1) is 0 Å². The summed E-state index contributed by atoms with van der Waals surface area (Å²) in [6.07, 6.45) is 0.849. The minimum Gasteiger partial charge on any atom is -0.491 e. The number of nitrogens with zero attached hydrogens (tertiary/aromatic N) is 1. The number of pyridine rings is 1. The van der Waals surface area contributed by atoms with Crippen molar-refractivity contribution in [1.82, 2.24) is 10.3 Å². The first-order valence-corrected chi connectivity index (χ1v) is 9.56. The molecule has 6 heteroatoms. The van der Waals surface area contributed by atoms with Crippen LogP contribution in [-0.4, -0.2) is 23.5 Å². The first-order chi connectivity index (χ1) is 13.4. The van der Waals surface area contributed by atoms with Gasteiger partial charge in [0.05, 0.1) is 16.6 Å². The lowest BCUT2D eigenvalue weighted by molar-refractivity contribution is -0.118. The highest BCUT2D eigenvalue weighted by Crippen LogP contribution is 2.32. The highest BCUT2D eigenvalue weighted by molar-refractivity contribution is 6.32. The van der Waals surface area contributed by atoms with E-state index in [0.717, 1.165) is 22.9 Å². The molecule has 5 nitrogen and oxygen atoms in total. The largest absolute Gasteiger partial charge is 0.491 e. The molecule has 0 unspecified atom stereocenters. The molecule has 0 aliphatic carbocycles. The number of hydrogen-bond donors (Lipinski definition) is 1. The summed E-state index contributed by atoms with van der Waals surface area (Å²) in [6.45, 7) is 6.05. The van der Waals surface area contributed by atoms with Gasteiger partial charge in [-0.05, 0) is 56.2 Å². The quantitative estimate of drug-likeness (QED) is 0.598. The molecule has 0 aliphatic rings. The van der Waals surface area contributed by atoms with Gasteiger partial charge in [-0.3, -0.25) is 4.79 Å². The molecule has 0 atom stereocenters. The van der Waals surface area contributed by atoms with Gasteiger partial charge in [-0.2, -0.15) is 0 Å². The highest BCUT2D eigenvalue weighted by Gasteiger charge is 2.08. The molecule has 0 radical (unpaired) electrons. The van der Waals surface area contributed by atoms with Crippen LogP contribution in [0.4, 0.5) is 0 Å². The van der Waals surface area contributed by atoms with E-state index in [2.05, 4.69) is 16.4 Å². The van der Waals surface area contributed by atoms with Crippen LogP contribution in [0, 0.1) is 0 Å². The van der Waals surface area contributed by atoms with Gasteiger partial charge in [-0.25, -0.2) is 4.98 Å². The predicted molar refractivity (Wildman–Crippen MR) is 111 cm³/mol. The second-order valence-corrected chi connectivity index (χ2v) is 7.18.